The standard InChI is InChI=1S/C22H30N4O2/c1-14(2)18-13-24(10-9-20(27)25(18)12-17-6-7-17)22(28)21-16(4)23-19-8-5-15(3)11-26(19)21/h5,8,11,14,17-18H,6-7,9-10,12-13H2,1-4H3. The van der Waals surface area contributed by atoms with Gasteiger partial charge in [0.1, 0.15) is 11.3 Å². The lowest BCUT2D eigenvalue weighted by Gasteiger charge is -2.34. The quantitative estimate of drug-likeness (QED) is 0.817. The Morgan fingerprint density at radius 3 is 2.68 bits per heavy atom. The summed E-state index contributed by atoms with van der Waals surface area (Å²) in [7, 11) is 0. The van der Waals surface area contributed by atoms with Crippen molar-refractivity contribution < 1.29 is 9.59 Å². The first-order chi connectivity index (χ1) is 13.3. The lowest BCUT2D eigenvalue weighted by atomic mass is 10.0. The van der Waals surface area contributed by atoms with Crippen LogP contribution in [0.25, 0.3) is 5.65 Å². The van der Waals surface area contributed by atoms with Crippen molar-refractivity contribution in [3.8, 4) is 0 Å². The molecule has 0 bridgehead atoms. The van der Waals surface area contributed by atoms with E-state index < -0.39 is 0 Å². The van der Waals surface area contributed by atoms with Crippen LogP contribution in [0, 0.1) is 25.7 Å². The predicted molar refractivity (Wildman–Crippen MR) is 108 cm³/mol. The van der Waals surface area contributed by atoms with E-state index in [1.807, 2.05) is 41.5 Å². The maximum atomic E-state index is 13.5. The van der Waals surface area contributed by atoms with Crippen molar-refractivity contribution in [3.63, 3.8) is 0 Å². The first-order valence-corrected chi connectivity index (χ1v) is 10.4. The number of amides is 2. The summed E-state index contributed by atoms with van der Waals surface area (Å²) in [5.41, 5.74) is 3.22. The third kappa shape index (κ3) is 3.52. The second kappa shape index (κ2) is 7.22. The molecule has 3 heterocycles. The minimum absolute atomic E-state index is 0.0256. The van der Waals surface area contributed by atoms with Gasteiger partial charge in [-0.2, -0.15) is 0 Å². The molecule has 6 nitrogen and oxygen atoms in total. The fourth-order valence-electron chi connectivity index (χ4n) is 4.22. The summed E-state index contributed by atoms with van der Waals surface area (Å²) in [5, 5.41) is 0. The normalized spacial score (nSPS) is 20.9. The minimum atomic E-state index is -0.0256. The zero-order valence-corrected chi connectivity index (χ0v) is 17.3. The van der Waals surface area contributed by atoms with Crippen LogP contribution in [0.15, 0.2) is 18.3 Å². The summed E-state index contributed by atoms with van der Waals surface area (Å²) >= 11 is 0. The van der Waals surface area contributed by atoms with Crippen LogP contribution in [-0.4, -0.2) is 56.7 Å². The molecule has 1 atom stereocenters. The van der Waals surface area contributed by atoms with Crippen molar-refractivity contribution in [3.05, 3.63) is 35.3 Å². The van der Waals surface area contributed by atoms with Gasteiger partial charge in [-0.05, 0) is 50.2 Å². The smallest absolute Gasteiger partial charge is 0.272 e. The minimum Gasteiger partial charge on any atom is -0.337 e. The molecule has 2 fully saturated rings. The molecule has 2 amide bonds. The maximum Gasteiger partial charge on any atom is 0.272 e. The molecule has 0 radical (unpaired) electrons. The monoisotopic (exact) mass is 382 g/mol. The van der Waals surface area contributed by atoms with Gasteiger partial charge < -0.3 is 9.80 Å². The molecule has 0 aromatic carbocycles. The van der Waals surface area contributed by atoms with E-state index in [0.717, 1.165) is 23.4 Å². The third-order valence-electron chi connectivity index (χ3n) is 6.08. The van der Waals surface area contributed by atoms with Crippen molar-refractivity contribution in [1.29, 1.82) is 0 Å². The number of imidazole rings is 1. The molecule has 4 rings (SSSR count). The van der Waals surface area contributed by atoms with Crippen LogP contribution in [0.1, 0.15) is 54.9 Å². The Bertz CT molecular complexity index is 913. The van der Waals surface area contributed by atoms with Crippen molar-refractivity contribution in [1.82, 2.24) is 19.2 Å². The van der Waals surface area contributed by atoms with Gasteiger partial charge in [0, 0.05) is 32.3 Å². The Labute approximate surface area is 166 Å². The molecule has 1 aliphatic heterocycles. The van der Waals surface area contributed by atoms with Gasteiger partial charge in [0.2, 0.25) is 5.91 Å². The zero-order chi connectivity index (χ0) is 20.0. The zero-order valence-electron chi connectivity index (χ0n) is 17.3. The average Bonchev–Trinajstić information content (AvgIpc) is 3.42. The Hall–Kier alpha value is -2.37. The summed E-state index contributed by atoms with van der Waals surface area (Å²) in [6, 6.07) is 4.02. The number of hydrogen-bond donors (Lipinski definition) is 0. The van der Waals surface area contributed by atoms with Gasteiger partial charge >= 0.3 is 0 Å². The Kier molecular flexibility index (Phi) is 4.89. The number of fused-ring (bicyclic) bond motifs is 1. The second-order valence-electron chi connectivity index (χ2n) is 8.78. The highest BCUT2D eigenvalue weighted by Gasteiger charge is 2.37. The number of rotatable bonds is 4. The number of hydrogen-bond acceptors (Lipinski definition) is 3. The van der Waals surface area contributed by atoms with Gasteiger partial charge in [-0.25, -0.2) is 4.98 Å². The van der Waals surface area contributed by atoms with E-state index in [1.165, 1.54) is 12.8 Å². The largest absolute Gasteiger partial charge is 0.337 e. The molecule has 2 aliphatic rings. The Morgan fingerprint density at radius 2 is 2.00 bits per heavy atom. The van der Waals surface area contributed by atoms with E-state index >= 15 is 0 Å². The molecular weight excluding hydrogens is 352 g/mol. The van der Waals surface area contributed by atoms with Crippen molar-refractivity contribution in [2.45, 2.75) is 53.0 Å². The van der Waals surface area contributed by atoms with E-state index in [4.69, 9.17) is 0 Å². The second-order valence-corrected chi connectivity index (χ2v) is 8.78. The van der Waals surface area contributed by atoms with Crippen LogP contribution in [0.5, 0.6) is 0 Å². The molecule has 0 spiro atoms. The molecule has 2 aromatic rings. The molecule has 1 aliphatic carbocycles. The van der Waals surface area contributed by atoms with Crippen molar-refractivity contribution >= 4 is 17.5 Å². The lowest BCUT2D eigenvalue weighted by molar-refractivity contribution is -0.133. The summed E-state index contributed by atoms with van der Waals surface area (Å²) in [6.07, 6.45) is 4.80. The Balaban J connectivity index is 1.65. The van der Waals surface area contributed by atoms with Gasteiger partial charge in [-0.3, -0.25) is 14.0 Å². The lowest BCUT2D eigenvalue weighted by Crippen LogP contribution is -2.48. The van der Waals surface area contributed by atoms with E-state index in [1.54, 1.807) is 0 Å². The van der Waals surface area contributed by atoms with E-state index in [-0.39, 0.29) is 17.9 Å². The van der Waals surface area contributed by atoms with Gasteiger partial charge in [0.25, 0.3) is 5.91 Å². The average molecular weight is 383 g/mol. The maximum absolute atomic E-state index is 13.5. The number of aryl methyl sites for hydroxylation is 2. The van der Waals surface area contributed by atoms with Crippen molar-refractivity contribution in [2.24, 2.45) is 11.8 Å². The first kappa shape index (κ1) is 19.0. The molecule has 2 aromatic heterocycles. The summed E-state index contributed by atoms with van der Waals surface area (Å²) in [5.74, 6) is 1.12. The van der Waals surface area contributed by atoms with E-state index in [2.05, 4.69) is 23.7 Å². The number of carbonyl (C=O) groups is 2. The van der Waals surface area contributed by atoms with Crippen LogP contribution in [-0.2, 0) is 4.79 Å². The van der Waals surface area contributed by atoms with Crippen LogP contribution in [0.2, 0.25) is 0 Å². The van der Waals surface area contributed by atoms with Crippen LogP contribution in [0.4, 0.5) is 0 Å². The highest BCUT2D eigenvalue weighted by molar-refractivity contribution is 5.95. The highest BCUT2D eigenvalue weighted by atomic mass is 16.2. The Morgan fingerprint density at radius 1 is 1.25 bits per heavy atom. The summed E-state index contributed by atoms with van der Waals surface area (Å²) in [4.78, 5) is 34.8. The van der Waals surface area contributed by atoms with Crippen LogP contribution < -0.4 is 0 Å². The molecular formula is C22H30N4O2. The van der Waals surface area contributed by atoms with Crippen LogP contribution in [0.3, 0.4) is 0 Å². The molecule has 150 valence electrons. The molecule has 1 saturated carbocycles. The van der Waals surface area contributed by atoms with Crippen LogP contribution >= 0.6 is 0 Å². The fraction of sp³-hybridized carbons (Fsp3) is 0.591. The first-order valence-electron chi connectivity index (χ1n) is 10.4. The highest BCUT2D eigenvalue weighted by Crippen LogP contribution is 2.32. The number of pyridine rings is 1. The fourth-order valence-corrected chi connectivity index (χ4v) is 4.22. The summed E-state index contributed by atoms with van der Waals surface area (Å²) < 4.78 is 1.89. The van der Waals surface area contributed by atoms with Gasteiger partial charge in [0.15, 0.2) is 0 Å². The molecule has 28 heavy (non-hydrogen) atoms. The van der Waals surface area contributed by atoms with Crippen molar-refractivity contribution in [2.75, 3.05) is 19.6 Å². The van der Waals surface area contributed by atoms with E-state index in [9.17, 15) is 9.59 Å². The summed E-state index contributed by atoms with van der Waals surface area (Å²) in [6.45, 7) is 10.1. The topological polar surface area (TPSA) is 57.9 Å². The molecule has 1 saturated heterocycles. The molecule has 6 heteroatoms. The number of nitrogens with zero attached hydrogens (tertiary/aromatic N) is 4. The third-order valence-corrected chi connectivity index (χ3v) is 6.08. The SMILES string of the molecule is Cc1ccc2nc(C)c(C(=O)N3CCC(=O)N(CC4CC4)C(C(C)C)C3)n2c1. The molecule has 1 unspecified atom stereocenters. The molecule has 0 N–H and O–H groups in total. The van der Waals surface area contributed by atoms with Gasteiger partial charge in [0.05, 0.1) is 11.7 Å². The number of aromatic nitrogens is 2. The predicted octanol–water partition coefficient (Wildman–Crippen LogP) is 3.06. The van der Waals surface area contributed by atoms with Gasteiger partial charge in [-0.15, -0.1) is 0 Å². The van der Waals surface area contributed by atoms with Gasteiger partial charge in [-0.1, -0.05) is 19.9 Å². The number of carbonyl (C=O) groups excluding carboxylic acids is 2. The van der Waals surface area contributed by atoms with E-state index in [0.29, 0.717) is 37.0 Å².